The van der Waals surface area contributed by atoms with Crippen molar-refractivity contribution in [2.45, 2.75) is 0 Å². The zero-order valence-corrected chi connectivity index (χ0v) is 10.5. The van der Waals surface area contributed by atoms with Crippen LogP contribution in [-0.2, 0) is 0 Å². The molecule has 0 radical (unpaired) electrons. The molecule has 1 aromatic carbocycles. The van der Waals surface area contributed by atoms with Crippen LogP contribution >= 0.6 is 38.5 Å². The number of H-pyrrole nitrogens is 1. The lowest BCUT2D eigenvalue weighted by Gasteiger charge is -2.00. The normalized spacial score (nSPS) is 10.7. The van der Waals surface area contributed by atoms with Crippen LogP contribution in [0.5, 0.6) is 5.75 Å². The van der Waals surface area contributed by atoms with Crippen LogP contribution in [0.25, 0.3) is 10.9 Å². The van der Waals surface area contributed by atoms with E-state index < -0.39 is 0 Å². The number of benzene rings is 1. The fraction of sp³-hybridized carbons (Fsp3) is 0.125. The van der Waals surface area contributed by atoms with E-state index in [1.807, 2.05) is 12.1 Å². The third kappa shape index (κ3) is 1.54. The van der Waals surface area contributed by atoms with Crippen molar-refractivity contribution in [1.82, 2.24) is 10.2 Å². The van der Waals surface area contributed by atoms with Crippen LogP contribution in [-0.4, -0.2) is 17.3 Å². The fourth-order valence-electron chi connectivity index (χ4n) is 1.16. The molecule has 2 aromatic rings. The van der Waals surface area contributed by atoms with Crippen LogP contribution in [0.1, 0.15) is 0 Å². The van der Waals surface area contributed by atoms with Crippen LogP contribution < -0.4 is 4.74 Å². The molecule has 0 saturated heterocycles. The lowest BCUT2D eigenvalue weighted by molar-refractivity contribution is 0.415. The highest BCUT2D eigenvalue weighted by Crippen LogP contribution is 2.29. The first-order valence-electron chi connectivity index (χ1n) is 3.59. The molecule has 0 aliphatic carbocycles. The number of hydrogen-bond acceptors (Lipinski definition) is 2. The van der Waals surface area contributed by atoms with Gasteiger partial charge in [0, 0.05) is 15.0 Å². The third-order valence-electron chi connectivity index (χ3n) is 1.77. The number of aromatic nitrogens is 2. The molecule has 1 N–H and O–H groups in total. The summed E-state index contributed by atoms with van der Waals surface area (Å²) in [6.45, 7) is 0. The van der Waals surface area contributed by atoms with Crippen LogP contribution in [0.2, 0.25) is 0 Å². The Morgan fingerprint density at radius 1 is 1.54 bits per heavy atom. The number of aromatic amines is 1. The lowest BCUT2D eigenvalue weighted by atomic mass is 10.2. The van der Waals surface area contributed by atoms with E-state index in [1.165, 1.54) is 0 Å². The summed E-state index contributed by atoms with van der Waals surface area (Å²) in [7, 11) is 1.65. The first-order valence-corrected chi connectivity index (χ1v) is 5.46. The second-order valence-corrected chi connectivity index (χ2v) is 4.50. The van der Waals surface area contributed by atoms with Gasteiger partial charge in [0.15, 0.2) is 0 Å². The van der Waals surface area contributed by atoms with Crippen LogP contribution in [0.3, 0.4) is 0 Å². The Bertz CT molecular complexity index is 455. The van der Waals surface area contributed by atoms with Gasteiger partial charge in [0.1, 0.15) is 10.4 Å². The minimum atomic E-state index is 0.830. The monoisotopic (exact) mass is 352 g/mol. The van der Waals surface area contributed by atoms with Gasteiger partial charge >= 0.3 is 0 Å². The van der Waals surface area contributed by atoms with E-state index in [1.54, 1.807) is 7.11 Å². The van der Waals surface area contributed by atoms with Crippen molar-refractivity contribution in [1.29, 1.82) is 0 Å². The van der Waals surface area contributed by atoms with E-state index in [9.17, 15) is 0 Å². The molecule has 13 heavy (non-hydrogen) atoms. The van der Waals surface area contributed by atoms with Crippen molar-refractivity contribution in [3.63, 3.8) is 0 Å². The molecular weight excluding hydrogens is 347 g/mol. The van der Waals surface area contributed by atoms with Gasteiger partial charge in [0.25, 0.3) is 0 Å². The summed E-state index contributed by atoms with van der Waals surface area (Å²) in [5, 5.41) is 8.10. The van der Waals surface area contributed by atoms with Gasteiger partial charge in [0.2, 0.25) is 0 Å². The maximum absolute atomic E-state index is 5.14. The predicted octanol–water partition coefficient (Wildman–Crippen LogP) is 2.94. The Kier molecular flexibility index (Phi) is 2.46. The van der Waals surface area contributed by atoms with Gasteiger partial charge in [-0.05, 0) is 44.6 Å². The van der Waals surface area contributed by atoms with Crippen molar-refractivity contribution in [3.8, 4) is 5.75 Å². The Labute approximate surface area is 97.1 Å². The first-order chi connectivity index (χ1) is 6.22. The Morgan fingerprint density at radius 3 is 3.00 bits per heavy atom. The van der Waals surface area contributed by atoms with E-state index in [0.29, 0.717) is 0 Å². The third-order valence-corrected chi connectivity index (χ3v) is 3.20. The number of fused-ring (bicyclic) bond motifs is 1. The number of nitrogens with zero attached hydrogens (tertiary/aromatic N) is 1. The minimum absolute atomic E-state index is 0.830. The zero-order valence-electron chi connectivity index (χ0n) is 6.77. The Hall–Kier alpha value is -0.300. The van der Waals surface area contributed by atoms with E-state index in [-0.39, 0.29) is 0 Å². The summed E-state index contributed by atoms with van der Waals surface area (Å²) in [4.78, 5) is 0. The molecule has 3 nitrogen and oxygen atoms in total. The maximum Gasteiger partial charge on any atom is 0.122 e. The summed E-state index contributed by atoms with van der Waals surface area (Å²) >= 11 is 5.66. The van der Waals surface area contributed by atoms with Gasteiger partial charge in [-0.3, -0.25) is 5.10 Å². The molecule has 0 saturated carbocycles. The highest BCUT2D eigenvalue weighted by atomic mass is 127. The van der Waals surface area contributed by atoms with E-state index >= 15 is 0 Å². The first kappa shape index (κ1) is 9.26. The van der Waals surface area contributed by atoms with E-state index in [4.69, 9.17) is 4.74 Å². The van der Waals surface area contributed by atoms with E-state index in [2.05, 4.69) is 48.7 Å². The quantitative estimate of drug-likeness (QED) is 0.801. The molecule has 0 amide bonds. The van der Waals surface area contributed by atoms with Crippen molar-refractivity contribution in [2.75, 3.05) is 7.11 Å². The molecule has 2 rings (SSSR count). The molecule has 0 spiro atoms. The summed E-state index contributed by atoms with van der Waals surface area (Å²) < 4.78 is 7.17. The van der Waals surface area contributed by atoms with Gasteiger partial charge < -0.3 is 4.74 Å². The number of rotatable bonds is 1. The van der Waals surface area contributed by atoms with Gasteiger partial charge in [-0.2, -0.15) is 5.10 Å². The Balaban J connectivity index is 2.79. The maximum atomic E-state index is 5.14. The van der Waals surface area contributed by atoms with Crippen molar-refractivity contribution in [2.24, 2.45) is 0 Å². The summed E-state index contributed by atoms with van der Waals surface area (Å²) in [5.74, 6) is 0.830. The van der Waals surface area contributed by atoms with Crippen LogP contribution in [0.4, 0.5) is 0 Å². The molecule has 68 valence electrons. The van der Waals surface area contributed by atoms with Crippen LogP contribution in [0.15, 0.2) is 16.7 Å². The van der Waals surface area contributed by atoms with Crippen LogP contribution in [0, 0.1) is 3.57 Å². The average Bonchev–Trinajstić information content (AvgIpc) is 2.48. The zero-order chi connectivity index (χ0) is 9.42. The molecule has 0 unspecified atom stereocenters. The van der Waals surface area contributed by atoms with Gasteiger partial charge in [-0.1, -0.05) is 0 Å². The van der Waals surface area contributed by atoms with E-state index in [0.717, 1.165) is 24.8 Å². The SMILES string of the molecule is COc1cc(I)c2c(Br)[nH]nc2c1. The highest BCUT2D eigenvalue weighted by Gasteiger charge is 2.08. The average molecular weight is 353 g/mol. The predicted molar refractivity (Wildman–Crippen MR) is 63.1 cm³/mol. The fourth-order valence-corrected chi connectivity index (χ4v) is 2.89. The summed E-state index contributed by atoms with van der Waals surface area (Å²) in [6.07, 6.45) is 0. The molecular formula is C8H6BrIN2O. The van der Waals surface area contributed by atoms with Gasteiger partial charge in [-0.15, -0.1) is 0 Å². The standard InChI is InChI=1S/C8H6BrIN2O/c1-13-4-2-5(10)7-6(3-4)11-12-8(7)9/h2-3H,1H3,(H,11,12). The van der Waals surface area contributed by atoms with Gasteiger partial charge in [-0.25, -0.2) is 0 Å². The molecule has 0 bridgehead atoms. The smallest absolute Gasteiger partial charge is 0.122 e. The summed E-state index contributed by atoms with van der Waals surface area (Å²) in [5.41, 5.74) is 0.913. The molecule has 1 heterocycles. The lowest BCUT2D eigenvalue weighted by Crippen LogP contribution is -1.84. The Morgan fingerprint density at radius 2 is 2.31 bits per heavy atom. The largest absolute Gasteiger partial charge is 0.497 e. The van der Waals surface area contributed by atoms with Crippen molar-refractivity contribution in [3.05, 3.63) is 20.3 Å². The number of halogens is 2. The molecule has 1 aromatic heterocycles. The molecule has 0 aliphatic rings. The molecule has 0 aliphatic heterocycles. The topological polar surface area (TPSA) is 37.9 Å². The second-order valence-electron chi connectivity index (χ2n) is 2.54. The number of hydrogen-bond donors (Lipinski definition) is 1. The molecule has 0 fully saturated rings. The van der Waals surface area contributed by atoms with Gasteiger partial charge in [0.05, 0.1) is 12.6 Å². The molecule has 5 heteroatoms. The second kappa shape index (κ2) is 3.45. The van der Waals surface area contributed by atoms with Crippen molar-refractivity contribution >= 4 is 49.4 Å². The van der Waals surface area contributed by atoms with Crippen molar-refractivity contribution < 1.29 is 4.74 Å². The number of methoxy groups -OCH3 is 1. The highest BCUT2D eigenvalue weighted by molar-refractivity contribution is 14.1. The number of nitrogens with one attached hydrogen (secondary N) is 1. The molecule has 0 atom stereocenters. The minimum Gasteiger partial charge on any atom is -0.497 e. The number of ether oxygens (including phenoxy) is 1. The summed E-state index contributed by atoms with van der Waals surface area (Å²) in [6, 6.07) is 3.88.